The van der Waals surface area contributed by atoms with Gasteiger partial charge in [-0.15, -0.1) is 0 Å². The third-order valence-corrected chi connectivity index (χ3v) is 5.53. The number of rotatable bonds is 5. The van der Waals surface area contributed by atoms with Crippen molar-refractivity contribution in [2.24, 2.45) is 0 Å². The van der Waals surface area contributed by atoms with Crippen molar-refractivity contribution in [2.45, 2.75) is 27.7 Å². The molecule has 7 nitrogen and oxygen atoms in total. The predicted molar refractivity (Wildman–Crippen MR) is 128 cm³/mol. The zero-order chi connectivity index (χ0) is 23.9. The summed E-state index contributed by atoms with van der Waals surface area (Å²) in [4.78, 5) is 38.9. The van der Waals surface area contributed by atoms with E-state index >= 15 is 0 Å². The van der Waals surface area contributed by atoms with E-state index in [0.29, 0.717) is 16.9 Å². The largest absolute Gasteiger partial charge is 0.350 e. The zero-order valence-corrected chi connectivity index (χ0v) is 18.8. The van der Waals surface area contributed by atoms with Crippen molar-refractivity contribution >= 4 is 34.4 Å². The number of hydrogen-bond donors (Lipinski definition) is 1. The number of amides is 2. The Labute approximate surface area is 191 Å². The highest BCUT2D eigenvalue weighted by atomic mass is 16.6. The summed E-state index contributed by atoms with van der Waals surface area (Å²) in [5, 5.41) is 14.2. The van der Waals surface area contributed by atoms with E-state index in [-0.39, 0.29) is 17.0 Å². The number of benzene rings is 3. The van der Waals surface area contributed by atoms with Crippen LogP contribution in [0.2, 0.25) is 0 Å². The summed E-state index contributed by atoms with van der Waals surface area (Å²) in [6.07, 6.45) is 0. The third-order valence-electron chi connectivity index (χ3n) is 5.53. The van der Waals surface area contributed by atoms with Crippen LogP contribution in [-0.2, 0) is 9.59 Å². The van der Waals surface area contributed by atoms with Crippen LogP contribution < -0.4 is 10.2 Å². The fourth-order valence-electron chi connectivity index (χ4n) is 4.13. The number of carbonyl (C=O) groups excluding carboxylic acids is 2. The van der Waals surface area contributed by atoms with Gasteiger partial charge in [-0.1, -0.05) is 23.8 Å². The molecule has 1 aliphatic heterocycles. The topological polar surface area (TPSA) is 92.6 Å². The maximum atomic E-state index is 13.6. The van der Waals surface area contributed by atoms with Crippen LogP contribution in [0, 0.1) is 37.8 Å². The highest BCUT2D eigenvalue weighted by Gasteiger charge is 2.41. The van der Waals surface area contributed by atoms with Crippen molar-refractivity contribution in [2.75, 3.05) is 10.2 Å². The molecular weight excluding hydrogens is 418 g/mol. The van der Waals surface area contributed by atoms with Gasteiger partial charge in [0.2, 0.25) is 0 Å². The highest BCUT2D eigenvalue weighted by molar-refractivity contribution is 6.46. The lowest BCUT2D eigenvalue weighted by atomic mass is 10.0. The maximum Gasteiger partial charge on any atom is 0.282 e. The molecule has 1 aliphatic rings. The molecular formula is C26H23N3O4. The molecule has 0 saturated heterocycles. The molecule has 33 heavy (non-hydrogen) atoms. The quantitative estimate of drug-likeness (QED) is 0.333. The van der Waals surface area contributed by atoms with Crippen molar-refractivity contribution in [3.63, 3.8) is 0 Å². The van der Waals surface area contributed by atoms with Gasteiger partial charge in [-0.2, -0.15) is 0 Å². The second kappa shape index (κ2) is 8.35. The van der Waals surface area contributed by atoms with Crippen LogP contribution in [0.3, 0.4) is 0 Å². The number of aryl methyl sites for hydroxylation is 4. The van der Waals surface area contributed by atoms with E-state index in [4.69, 9.17) is 0 Å². The van der Waals surface area contributed by atoms with Gasteiger partial charge in [-0.05, 0) is 80.3 Å². The monoisotopic (exact) mass is 441 g/mol. The lowest BCUT2D eigenvalue weighted by Gasteiger charge is -2.18. The number of nitrogens with zero attached hydrogens (tertiary/aromatic N) is 2. The predicted octanol–water partition coefficient (Wildman–Crippen LogP) is 5.23. The van der Waals surface area contributed by atoms with E-state index in [1.165, 1.54) is 24.3 Å². The van der Waals surface area contributed by atoms with Crippen LogP contribution in [0.15, 0.2) is 66.4 Å². The molecule has 0 fully saturated rings. The number of non-ortho nitro benzene ring substituents is 1. The normalized spacial score (nSPS) is 13.6. The molecule has 0 aromatic heterocycles. The van der Waals surface area contributed by atoms with Crippen LogP contribution >= 0.6 is 0 Å². The number of carbonyl (C=O) groups is 2. The molecule has 0 unspecified atom stereocenters. The van der Waals surface area contributed by atoms with E-state index in [9.17, 15) is 19.7 Å². The van der Waals surface area contributed by atoms with E-state index in [0.717, 1.165) is 27.2 Å². The lowest BCUT2D eigenvalue weighted by molar-refractivity contribution is -0.384. The number of imide groups is 1. The van der Waals surface area contributed by atoms with Crippen molar-refractivity contribution in [3.8, 4) is 0 Å². The van der Waals surface area contributed by atoms with Gasteiger partial charge in [0.25, 0.3) is 17.5 Å². The molecule has 4 rings (SSSR count). The summed E-state index contributed by atoms with van der Waals surface area (Å²) in [7, 11) is 0. The second-order valence-electron chi connectivity index (χ2n) is 8.29. The zero-order valence-electron chi connectivity index (χ0n) is 18.8. The van der Waals surface area contributed by atoms with E-state index in [2.05, 4.69) is 5.32 Å². The van der Waals surface area contributed by atoms with Gasteiger partial charge >= 0.3 is 0 Å². The smallest absolute Gasteiger partial charge is 0.282 e. The van der Waals surface area contributed by atoms with Gasteiger partial charge in [0.15, 0.2) is 0 Å². The Morgan fingerprint density at radius 2 is 1.42 bits per heavy atom. The van der Waals surface area contributed by atoms with Crippen LogP contribution in [-0.4, -0.2) is 16.7 Å². The SMILES string of the molecule is Cc1cc(C)cc(NC2=C(c3ccc([N+](=O)[O-])cc3)C(=O)N(c3ccc(C)cc3C)C2=O)c1. The fraction of sp³-hybridized carbons (Fsp3) is 0.154. The minimum absolute atomic E-state index is 0.0915. The molecule has 0 radical (unpaired) electrons. The first kappa shape index (κ1) is 22.0. The van der Waals surface area contributed by atoms with Gasteiger partial charge in [-0.25, -0.2) is 4.90 Å². The van der Waals surface area contributed by atoms with Gasteiger partial charge in [0.05, 0.1) is 16.2 Å². The number of nitrogens with one attached hydrogen (secondary N) is 1. The summed E-state index contributed by atoms with van der Waals surface area (Å²) in [6.45, 7) is 7.70. The van der Waals surface area contributed by atoms with E-state index in [1.54, 1.807) is 6.07 Å². The first-order valence-corrected chi connectivity index (χ1v) is 10.5. The molecule has 0 aliphatic carbocycles. The molecule has 3 aromatic carbocycles. The van der Waals surface area contributed by atoms with Crippen LogP contribution in [0.5, 0.6) is 0 Å². The van der Waals surface area contributed by atoms with Gasteiger partial charge in [-0.3, -0.25) is 19.7 Å². The fourth-order valence-corrected chi connectivity index (χ4v) is 4.13. The highest BCUT2D eigenvalue weighted by Crippen LogP contribution is 2.36. The second-order valence-corrected chi connectivity index (χ2v) is 8.29. The number of nitro groups is 1. The Morgan fingerprint density at radius 3 is 2.00 bits per heavy atom. The molecule has 1 heterocycles. The maximum absolute atomic E-state index is 13.6. The number of nitro benzene ring substituents is 1. The molecule has 0 bridgehead atoms. The van der Waals surface area contributed by atoms with E-state index < -0.39 is 16.7 Å². The summed E-state index contributed by atoms with van der Waals surface area (Å²) < 4.78 is 0. The first-order valence-electron chi connectivity index (χ1n) is 10.5. The molecule has 3 aromatic rings. The molecule has 166 valence electrons. The van der Waals surface area contributed by atoms with Gasteiger partial charge in [0, 0.05) is 17.8 Å². The van der Waals surface area contributed by atoms with Crippen molar-refractivity contribution in [3.05, 3.63) is 104 Å². The van der Waals surface area contributed by atoms with Gasteiger partial charge in [0.1, 0.15) is 5.70 Å². The average Bonchev–Trinajstić information content (AvgIpc) is 2.97. The summed E-state index contributed by atoms with van der Waals surface area (Å²) in [5.74, 6) is -0.952. The minimum atomic E-state index is -0.504. The number of hydrogen-bond acceptors (Lipinski definition) is 5. The Hall–Kier alpha value is -4.26. The van der Waals surface area contributed by atoms with Crippen molar-refractivity contribution in [1.29, 1.82) is 0 Å². The van der Waals surface area contributed by atoms with Crippen LogP contribution in [0.25, 0.3) is 5.57 Å². The Kier molecular flexibility index (Phi) is 5.55. The van der Waals surface area contributed by atoms with Gasteiger partial charge < -0.3 is 5.32 Å². The Morgan fingerprint density at radius 1 is 0.788 bits per heavy atom. The Balaban J connectivity index is 1.85. The molecule has 1 N–H and O–H groups in total. The van der Waals surface area contributed by atoms with E-state index in [1.807, 2.05) is 58.0 Å². The summed E-state index contributed by atoms with van der Waals surface area (Å²) in [5.41, 5.74) is 5.69. The Bertz CT molecular complexity index is 1320. The molecule has 0 atom stereocenters. The minimum Gasteiger partial charge on any atom is -0.350 e. The first-order chi connectivity index (χ1) is 15.7. The van der Waals surface area contributed by atoms with Crippen molar-refractivity contribution in [1.82, 2.24) is 0 Å². The van der Waals surface area contributed by atoms with Crippen LogP contribution in [0.4, 0.5) is 17.1 Å². The van der Waals surface area contributed by atoms with Crippen LogP contribution in [0.1, 0.15) is 27.8 Å². The average molecular weight is 441 g/mol. The lowest BCUT2D eigenvalue weighted by Crippen LogP contribution is -2.33. The summed E-state index contributed by atoms with van der Waals surface area (Å²) in [6, 6.07) is 17.0. The molecule has 7 heteroatoms. The summed E-state index contributed by atoms with van der Waals surface area (Å²) >= 11 is 0. The molecule has 2 amide bonds. The third kappa shape index (κ3) is 4.13. The standard InChI is InChI=1S/C26H23N3O4/c1-15-5-10-22(18(4)12-15)28-25(30)23(19-6-8-21(9-7-19)29(32)33)24(26(28)31)27-20-13-16(2)11-17(3)14-20/h5-14,27H,1-4H3. The molecule has 0 saturated carbocycles. The molecule has 0 spiro atoms. The number of anilines is 2. The van der Waals surface area contributed by atoms with Crippen molar-refractivity contribution < 1.29 is 14.5 Å².